The van der Waals surface area contributed by atoms with Gasteiger partial charge in [0.2, 0.25) is 0 Å². The molecule has 0 aromatic heterocycles. The van der Waals surface area contributed by atoms with Crippen LogP contribution in [0.25, 0.3) is 5.57 Å². The zero-order chi connectivity index (χ0) is 21.5. The van der Waals surface area contributed by atoms with Crippen molar-refractivity contribution in [2.24, 2.45) is 5.92 Å². The van der Waals surface area contributed by atoms with E-state index >= 15 is 0 Å². The van der Waals surface area contributed by atoms with Crippen molar-refractivity contribution in [3.05, 3.63) is 76.9 Å². The molecule has 4 rings (SSSR count). The number of hydrogen-bond donors (Lipinski definition) is 0. The van der Waals surface area contributed by atoms with Gasteiger partial charge in [0.1, 0.15) is 0 Å². The van der Waals surface area contributed by atoms with Crippen molar-refractivity contribution in [2.45, 2.75) is 51.9 Å². The van der Waals surface area contributed by atoms with Gasteiger partial charge in [0.15, 0.2) is 0 Å². The summed E-state index contributed by atoms with van der Waals surface area (Å²) in [5.41, 5.74) is 7.16. The normalized spacial score (nSPS) is 16.9. The molecule has 2 aliphatic rings. The van der Waals surface area contributed by atoms with Gasteiger partial charge in [0.25, 0.3) is 0 Å². The van der Waals surface area contributed by atoms with Crippen LogP contribution in [0, 0.1) is 5.92 Å². The van der Waals surface area contributed by atoms with E-state index in [1.54, 1.807) is 0 Å². The summed E-state index contributed by atoms with van der Waals surface area (Å²) in [4.78, 5) is 14.2. The van der Waals surface area contributed by atoms with Gasteiger partial charge in [-0.2, -0.15) is 0 Å². The monoisotopic (exact) mass is 417 g/mol. The molecule has 0 unspecified atom stereocenters. The van der Waals surface area contributed by atoms with Crippen LogP contribution in [0.15, 0.2) is 54.6 Å². The predicted molar refractivity (Wildman–Crippen MR) is 127 cm³/mol. The number of nitrogens with zero attached hydrogens (tertiary/aromatic N) is 1. The summed E-state index contributed by atoms with van der Waals surface area (Å²) < 4.78 is 5.07. The maximum absolute atomic E-state index is 11.6. The SMILES string of the molecule is CCOC(=O)CCC1CCN(CCC=C2c3ccccc3CCc3ccccc32)CC1. The van der Waals surface area contributed by atoms with Crippen molar-refractivity contribution in [3.63, 3.8) is 0 Å². The summed E-state index contributed by atoms with van der Waals surface area (Å²) in [6, 6.07) is 17.8. The van der Waals surface area contributed by atoms with E-state index in [1.165, 1.54) is 40.7 Å². The molecule has 0 bridgehead atoms. The molecule has 0 amide bonds. The standard InChI is InChI=1S/C28H35NO2/c1-2-31-28(30)16-13-22-17-20-29(21-18-22)19-7-12-27-25-10-5-3-8-23(25)14-15-24-9-4-6-11-26(24)27/h3-6,8-12,22H,2,7,13-21H2,1H3. The summed E-state index contributed by atoms with van der Waals surface area (Å²) in [6.45, 7) is 5.76. The molecular formula is C28H35NO2. The van der Waals surface area contributed by atoms with Crippen LogP contribution < -0.4 is 0 Å². The Balaban J connectivity index is 1.35. The second-order valence-corrected chi connectivity index (χ2v) is 8.85. The fourth-order valence-electron chi connectivity index (χ4n) is 5.08. The minimum atomic E-state index is -0.0412. The number of likely N-dealkylation sites (tertiary alicyclic amines) is 1. The Morgan fingerprint density at radius 1 is 1.00 bits per heavy atom. The number of fused-ring (bicyclic) bond motifs is 2. The highest BCUT2D eigenvalue weighted by molar-refractivity contribution is 5.83. The Labute approximate surface area is 187 Å². The van der Waals surface area contributed by atoms with E-state index in [4.69, 9.17) is 4.74 Å². The summed E-state index contributed by atoms with van der Waals surface area (Å²) in [5.74, 6) is 0.625. The fourth-order valence-corrected chi connectivity index (χ4v) is 5.08. The highest BCUT2D eigenvalue weighted by atomic mass is 16.5. The van der Waals surface area contributed by atoms with Crippen molar-refractivity contribution < 1.29 is 9.53 Å². The van der Waals surface area contributed by atoms with Gasteiger partial charge < -0.3 is 9.64 Å². The van der Waals surface area contributed by atoms with E-state index in [9.17, 15) is 4.79 Å². The largest absolute Gasteiger partial charge is 0.466 e. The third-order valence-electron chi connectivity index (χ3n) is 6.84. The van der Waals surface area contributed by atoms with E-state index < -0.39 is 0 Å². The minimum absolute atomic E-state index is 0.0412. The molecule has 3 heteroatoms. The fraction of sp³-hybridized carbons (Fsp3) is 0.464. The van der Waals surface area contributed by atoms with Gasteiger partial charge in [-0.25, -0.2) is 0 Å². The molecule has 1 aliphatic heterocycles. The van der Waals surface area contributed by atoms with Gasteiger partial charge in [-0.15, -0.1) is 0 Å². The Kier molecular flexibility index (Phi) is 7.58. The number of piperidine rings is 1. The Bertz CT molecular complexity index is 859. The summed E-state index contributed by atoms with van der Waals surface area (Å²) in [6.07, 6.45) is 9.71. The second-order valence-electron chi connectivity index (χ2n) is 8.85. The highest BCUT2D eigenvalue weighted by Crippen LogP contribution is 2.33. The molecule has 2 aromatic carbocycles. The van der Waals surface area contributed by atoms with Crippen LogP contribution in [-0.2, 0) is 22.4 Å². The van der Waals surface area contributed by atoms with Crippen molar-refractivity contribution in [1.82, 2.24) is 4.90 Å². The van der Waals surface area contributed by atoms with E-state index in [0.717, 1.165) is 45.3 Å². The molecule has 1 saturated heterocycles. The second kappa shape index (κ2) is 10.8. The summed E-state index contributed by atoms with van der Waals surface area (Å²) in [5, 5.41) is 0. The van der Waals surface area contributed by atoms with Gasteiger partial charge in [0.05, 0.1) is 6.61 Å². The molecule has 0 spiro atoms. The molecule has 2 aromatic rings. The maximum atomic E-state index is 11.6. The van der Waals surface area contributed by atoms with Crippen LogP contribution in [-0.4, -0.2) is 37.1 Å². The lowest BCUT2D eigenvalue weighted by Gasteiger charge is -2.31. The summed E-state index contributed by atoms with van der Waals surface area (Å²) in [7, 11) is 0. The highest BCUT2D eigenvalue weighted by Gasteiger charge is 2.20. The topological polar surface area (TPSA) is 29.5 Å². The number of rotatable bonds is 7. The number of carbonyl (C=O) groups is 1. The van der Waals surface area contributed by atoms with Crippen molar-refractivity contribution in [2.75, 3.05) is 26.2 Å². The molecule has 1 aliphatic carbocycles. The molecule has 1 heterocycles. The van der Waals surface area contributed by atoms with Crippen LogP contribution in [0.2, 0.25) is 0 Å². The average molecular weight is 418 g/mol. The first-order valence-electron chi connectivity index (χ1n) is 12.0. The number of esters is 1. The molecule has 0 N–H and O–H groups in total. The Hall–Kier alpha value is -2.39. The van der Waals surface area contributed by atoms with Crippen LogP contribution in [0.1, 0.15) is 61.3 Å². The van der Waals surface area contributed by atoms with Crippen LogP contribution >= 0.6 is 0 Å². The lowest BCUT2D eigenvalue weighted by molar-refractivity contribution is -0.143. The molecule has 1 fully saturated rings. The van der Waals surface area contributed by atoms with Crippen molar-refractivity contribution >= 4 is 11.5 Å². The quantitative estimate of drug-likeness (QED) is 0.544. The Morgan fingerprint density at radius 3 is 2.23 bits per heavy atom. The number of ether oxygens (including phenoxy) is 1. The summed E-state index contributed by atoms with van der Waals surface area (Å²) >= 11 is 0. The van der Waals surface area contributed by atoms with Crippen LogP contribution in [0.4, 0.5) is 0 Å². The molecule has 31 heavy (non-hydrogen) atoms. The third kappa shape index (κ3) is 5.65. The smallest absolute Gasteiger partial charge is 0.305 e. The zero-order valence-corrected chi connectivity index (χ0v) is 18.8. The lowest BCUT2D eigenvalue weighted by atomic mass is 9.91. The molecule has 0 saturated carbocycles. The first-order chi connectivity index (χ1) is 15.2. The molecule has 0 atom stereocenters. The molecule has 3 nitrogen and oxygen atoms in total. The number of aryl methyl sites for hydroxylation is 2. The first kappa shape index (κ1) is 21.8. The third-order valence-corrected chi connectivity index (χ3v) is 6.84. The number of hydrogen-bond acceptors (Lipinski definition) is 3. The van der Waals surface area contributed by atoms with Crippen LogP contribution in [0.5, 0.6) is 0 Å². The van der Waals surface area contributed by atoms with Gasteiger partial charge in [-0.3, -0.25) is 4.79 Å². The van der Waals surface area contributed by atoms with E-state index in [1.807, 2.05) is 6.92 Å². The van der Waals surface area contributed by atoms with Gasteiger partial charge in [0, 0.05) is 13.0 Å². The predicted octanol–water partition coefficient (Wildman–Crippen LogP) is 5.66. The van der Waals surface area contributed by atoms with Crippen molar-refractivity contribution in [3.8, 4) is 0 Å². The van der Waals surface area contributed by atoms with Gasteiger partial charge in [-0.1, -0.05) is 54.6 Å². The molecule has 0 radical (unpaired) electrons. The molecular weight excluding hydrogens is 382 g/mol. The van der Waals surface area contributed by atoms with Gasteiger partial charge in [-0.05, 0) is 92.3 Å². The van der Waals surface area contributed by atoms with Crippen molar-refractivity contribution in [1.29, 1.82) is 0 Å². The average Bonchev–Trinajstić information content (AvgIpc) is 2.96. The van der Waals surface area contributed by atoms with Crippen LogP contribution in [0.3, 0.4) is 0 Å². The zero-order valence-electron chi connectivity index (χ0n) is 18.8. The lowest BCUT2D eigenvalue weighted by Crippen LogP contribution is -2.34. The molecule has 164 valence electrons. The van der Waals surface area contributed by atoms with Gasteiger partial charge >= 0.3 is 5.97 Å². The van der Waals surface area contributed by atoms with E-state index in [2.05, 4.69) is 59.5 Å². The number of carbonyl (C=O) groups excluding carboxylic acids is 1. The van der Waals surface area contributed by atoms with E-state index in [-0.39, 0.29) is 5.97 Å². The number of benzene rings is 2. The maximum Gasteiger partial charge on any atom is 0.305 e. The first-order valence-corrected chi connectivity index (χ1v) is 12.0. The van der Waals surface area contributed by atoms with E-state index in [0.29, 0.717) is 18.9 Å². The Morgan fingerprint density at radius 2 is 1.61 bits per heavy atom. The minimum Gasteiger partial charge on any atom is -0.466 e.